The maximum Gasteiger partial charge on any atom is 0.167 e. The van der Waals surface area contributed by atoms with Gasteiger partial charge in [-0.15, -0.1) is 0 Å². The largest absolute Gasteiger partial charge is 0.455 e. The number of nitrogens with zero attached hydrogens (tertiary/aromatic N) is 4. The number of fused-ring (bicyclic) bond motifs is 8. The Kier molecular flexibility index (Phi) is 7.56. The van der Waals surface area contributed by atoms with E-state index in [0.29, 0.717) is 17.5 Å². The van der Waals surface area contributed by atoms with E-state index in [4.69, 9.17) is 24.1 Å². The van der Waals surface area contributed by atoms with Gasteiger partial charge in [-0.25, -0.2) is 15.0 Å². The third-order valence-corrected chi connectivity index (χ3v) is 11.7. The van der Waals surface area contributed by atoms with E-state index in [1.807, 2.05) is 78.9 Å². The van der Waals surface area contributed by atoms with E-state index in [0.717, 1.165) is 73.6 Å². The molecule has 1 aliphatic carbocycles. The Morgan fingerprint density at radius 3 is 1.92 bits per heavy atom. The van der Waals surface area contributed by atoms with Gasteiger partial charge in [-0.1, -0.05) is 133 Å². The first-order valence-corrected chi connectivity index (χ1v) is 19.9. The molecule has 0 spiro atoms. The summed E-state index contributed by atoms with van der Waals surface area (Å²) in [6.07, 6.45) is 0.839. The fourth-order valence-corrected chi connectivity index (χ4v) is 8.93. The molecule has 3 heterocycles. The van der Waals surface area contributed by atoms with Crippen molar-refractivity contribution < 1.29 is 9.15 Å². The zero-order valence-corrected chi connectivity index (χ0v) is 31.8. The van der Waals surface area contributed by atoms with E-state index in [1.165, 1.54) is 27.8 Å². The van der Waals surface area contributed by atoms with E-state index in [9.17, 15) is 0 Å². The molecule has 0 fully saturated rings. The minimum atomic E-state index is 0.127. The van der Waals surface area contributed by atoms with Gasteiger partial charge in [-0.2, -0.15) is 0 Å². The van der Waals surface area contributed by atoms with Crippen molar-refractivity contribution >= 4 is 39.0 Å². The first-order valence-electron chi connectivity index (χ1n) is 19.9. The molecule has 2 aromatic heterocycles. The number of hydrogen-bond donors (Lipinski definition) is 0. The standard InChI is InChI=1S/C53H34N4O2/c1-4-15-33(16-5-1)51-54-52(34-17-6-2-7-18-34)56-53(55-51)41-24-14-23-40-44-29-35(27-28-47(44)59-50(40)41)42-30-36-31-46-49(32-43(36)39-22-11-10-21-38(39)42)58-48-26-13-12-25-45(48)57(46)37-19-8-3-9-20-37/h1-29,31-32,42H,30H2. The van der Waals surface area contributed by atoms with Gasteiger partial charge in [0.05, 0.1) is 16.9 Å². The average Bonchev–Trinajstić information content (AvgIpc) is 3.69. The van der Waals surface area contributed by atoms with Crippen LogP contribution in [0.4, 0.5) is 17.1 Å². The monoisotopic (exact) mass is 758 g/mol. The molecule has 0 amide bonds. The summed E-state index contributed by atoms with van der Waals surface area (Å²) in [7, 11) is 0. The number of anilines is 3. The van der Waals surface area contributed by atoms with Gasteiger partial charge < -0.3 is 14.1 Å². The van der Waals surface area contributed by atoms with Gasteiger partial charge in [0.15, 0.2) is 29.0 Å². The normalized spacial score (nSPS) is 14.0. The number of furan rings is 1. The summed E-state index contributed by atoms with van der Waals surface area (Å²) in [5.41, 5.74) is 13.7. The van der Waals surface area contributed by atoms with Crippen LogP contribution in [-0.4, -0.2) is 15.0 Å². The van der Waals surface area contributed by atoms with Crippen molar-refractivity contribution in [3.05, 3.63) is 205 Å². The number of hydrogen-bond acceptors (Lipinski definition) is 6. The number of para-hydroxylation sites is 4. The Morgan fingerprint density at radius 1 is 0.475 bits per heavy atom. The van der Waals surface area contributed by atoms with Crippen LogP contribution in [0.15, 0.2) is 192 Å². The van der Waals surface area contributed by atoms with Gasteiger partial charge in [0.25, 0.3) is 0 Å². The molecule has 0 N–H and O–H groups in total. The number of benzene rings is 8. The maximum atomic E-state index is 6.72. The quantitative estimate of drug-likeness (QED) is 0.174. The van der Waals surface area contributed by atoms with Gasteiger partial charge in [0.1, 0.15) is 11.2 Å². The minimum Gasteiger partial charge on any atom is -0.455 e. The molecule has 1 aliphatic heterocycles. The van der Waals surface area contributed by atoms with Gasteiger partial charge in [-0.05, 0) is 88.8 Å². The first kappa shape index (κ1) is 33.3. The maximum absolute atomic E-state index is 6.72. The molecule has 59 heavy (non-hydrogen) atoms. The van der Waals surface area contributed by atoms with Crippen LogP contribution in [0.3, 0.4) is 0 Å². The Morgan fingerprint density at radius 2 is 1.14 bits per heavy atom. The number of ether oxygens (including phenoxy) is 1. The molecular weight excluding hydrogens is 725 g/mol. The minimum absolute atomic E-state index is 0.127. The van der Waals surface area contributed by atoms with Crippen molar-refractivity contribution in [1.82, 2.24) is 15.0 Å². The Bertz CT molecular complexity index is 3180. The summed E-state index contributed by atoms with van der Waals surface area (Å²) in [6, 6.07) is 65.3. The Labute approximate surface area is 340 Å². The van der Waals surface area contributed by atoms with Crippen LogP contribution in [0.25, 0.3) is 67.2 Å². The molecule has 278 valence electrons. The lowest BCUT2D eigenvalue weighted by molar-refractivity contribution is 0.477. The predicted molar refractivity (Wildman–Crippen MR) is 236 cm³/mol. The fourth-order valence-electron chi connectivity index (χ4n) is 8.93. The SMILES string of the molecule is c1ccc(-c2nc(-c3ccccc3)nc(-c3cccc4c3oc3ccc(C5Cc6cc7c(cc6-c6ccccc65)Oc5ccccc5N7c5ccccc5)cc34)n2)cc1. The van der Waals surface area contributed by atoms with Crippen LogP contribution in [0, 0.1) is 0 Å². The summed E-state index contributed by atoms with van der Waals surface area (Å²) >= 11 is 0. The van der Waals surface area contributed by atoms with Crippen LogP contribution in [-0.2, 0) is 6.42 Å². The third-order valence-electron chi connectivity index (χ3n) is 11.7. The van der Waals surface area contributed by atoms with Gasteiger partial charge >= 0.3 is 0 Å². The van der Waals surface area contributed by atoms with E-state index in [-0.39, 0.29) is 5.92 Å². The zero-order valence-electron chi connectivity index (χ0n) is 31.8. The molecule has 0 saturated carbocycles. The van der Waals surface area contributed by atoms with E-state index in [1.54, 1.807) is 0 Å². The first-order chi connectivity index (χ1) is 29.2. The molecule has 2 aliphatic rings. The van der Waals surface area contributed by atoms with Crippen molar-refractivity contribution in [2.75, 3.05) is 4.90 Å². The van der Waals surface area contributed by atoms with Crippen molar-refractivity contribution in [2.45, 2.75) is 12.3 Å². The molecular formula is C53H34N4O2. The van der Waals surface area contributed by atoms with E-state index < -0.39 is 0 Å². The fraction of sp³-hybridized carbons (Fsp3) is 0.0377. The van der Waals surface area contributed by atoms with Gasteiger partial charge in [-0.3, -0.25) is 0 Å². The Balaban J connectivity index is 0.977. The molecule has 1 atom stereocenters. The van der Waals surface area contributed by atoms with E-state index >= 15 is 0 Å². The molecule has 0 bridgehead atoms. The molecule has 10 aromatic rings. The lowest BCUT2D eigenvalue weighted by Gasteiger charge is -2.35. The zero-order chi connectivity index (χ0) is 38.9. The molecule has 0 saturated heterocycles. The summed E-state index contributed by atoms with van der Waals surface area (Å²) in [4.78, 5) is 17.3. The van der Waals surface area contributed by atoms with Crippen LogP contribution >= 0.6 is 0 Å². The number of aromatic nitrogens is 3. The molecule has 0 radical (unpaired) electrons. The van der Waals surface area contributed by atoms with Crippen molar-refractivity contribution in [3.63, 3.8) is 0 Å². The summed E-state index contributed by atoms with van der Waals surface area (Å²) in [6.45, 7) is 0. The molecule has 12 rings (SSSR count). The van der Waals surface area contributed by atoms with Gasteiger partial charge in [0.2, 0.25) is 0 Å². The number of rotatable bonds is 5. The highest BCUT2D eigenvalue weighted by Gasteiger charge is 2.32. The van der Waals surface area contributed by atoms with Crippen LogP contribution in [0.5, 0.6) is 11.5 Å². The van der Waals surface area contributed by atoms with Gasteiger partial charge in [0, 0.05) is 33.5 Å². The molecule has 8 aromatic carbocycles. The average molecular weight is 759 g/mol. The molecule has 1 unspecified atom stereocenters. The second-order valence-corrected chi connectivity index (χ2v) is 15.1. The van der Waals surface area contributed by atoms with Crippen molar-refractivity contribution in [1.29, 1.82) is 0 Å². The van der Waals surface area contributed by atoms with Crippen LogP contribution in [0.1, 0.15) is 22.6 Å². The van der Waals surface area contributed by atoms with Crippen LogP contribution in [0.2, 0.25) is 0 Å². The highest BCUT2D eigenvalue weighted by molar-refractivity contribution is 6.09. The second-order valence-electron chi connectivity index (χ2n) is 15.1. The van der Waals surface area contributed by atoms with Crippen LogP contribution < -0.4 is 9.64 Å². The summed E-state index contributed by atoms with van der Waals surface area (Å²) in [5, 5.41) is 2.09. The molecule has 6 nitrogen and oxygen atoms in total. The second kappa shape index (κ2) is 13.4. The smallest absolute Gasteiger partial charge is 0.167 e. The summed E-state index contributed by atoms with van der Waals surface area (Å²) in [5.74, 6) is 3.63. The van der Waals surface area contributed by atoms with Crippen molar-refractivity contribution in [3.8, 4) is 56.8 Å². The Hall–Kier alpha value is -7.83. The predicted octanol–water partition coefficient (Wildman–Crippen LogP) is 13.7. The molecule has 6 heteroatoms. The third kappa shape index (κ3) is 5.52. The highest BCUT2D eigenvalue weighted by Crippen LogP contribution is 2.54. The lowest BCUT2D eigenvalue weighted by Crippen LogP contribution is -2.18. The topological polar surface area (TPSA) is 64.3 Å². The van der Waals surface area contributed by atoms with E-state index in [2.05, 4.69) is 114 Å². The van der Waals surface area contributed by atoms with Crippen molar-refractivity contribution in [2.24, 2.45) is 0 Å². The highest BCUT2D eigenvalue weighted by atomic mass is 16.5. The summed E-state index contributed by atoms with van der Waals surface area (Å²) < 4.78 is 13.4. The lowest BCUT2D eigenvalue weighted by atomic mass is 9.75.